The second kappa shape index (κ2) is 9.13. The number of halogens is 1. The van der Waals surface area contributed by atoms with E-state index in [4.69, 9.17) is 16.3 Å². The number of ether oxygens (including phenoxy) is 1. The minimum absolute atomic E-state index is 0.00629. The number of nitrogens with one attached hydrogen (secondary N) is 2. The van der Waals surface area contributed by atoms with Crippen LogP contribution in [0.5, 0.6) is 5.75 Å². The Balaban J connectivity index is 1.51. The van der Waals surface area contributed by atoms with Crippen molar-refractivity contribution in [2.75, 3.05) is 22.0 Å². The van der Waals surface area contributed by atoms with Crippen molar-refractivity contribution in [1.29, 1.82) is 0 Å². The van der Waals surface area contributed by atoms with E-state index in [-0.39, 0.29) is 17.2 Å². The first-order valence-electron chi connectivity index (χ1n) is 9.93. The van der Waals surface area contributed by atoms with E-state index in [2.05, 4.69) is 10.0 Å². The minimum Gasteiger partial charge on any atom is -0.497 e. The summed E-state index contributed by atoms with van der Waals surface area (Å²) in [4.78, 5) is 26.4. The smallest absolute Gasteiger partial charge is 0.261 e. The Morgan fingerprint density at radius 3 is 2.39 bits per heavy atom. The Bertz CT molecular complexity index is 1310. The zero-order chi connectivity index (χ0) is 23.6. The quantitative estimate of drug-likeness (QED) is 0.492. The van der Waals surface area contributed by atoms with Crippen LogP contribution in [0.1, 0.15) is 6.42 Å². The number of imide groups is 1. The summed E-state index contributed by atoms with van der Waals surface area (Å²) in [6.45, 7) is 0. The average molecular weight is 486 g/mol. The number of carbonyl (C=O) groups excluding carboxylic acids is 2. The molecule has 8 nitrogen and oxygen atoms in total. The van der Waals surface area contributed by atoms with Crippen molar-refractivity contribution in [1.82, 2.24) is 0 Å². The van der Waals surface area contributed by atoms with Gasteiger partial charge in [-0.05, 0) is 60.7 Å². The maximum absolute atomic E-state index is 12.9. The summed E-state index contributed by atoms with van der Waals surface area (Å²) in [5, 5.41) is 3.38. The first-order chi connectivity index (χ1) is 15.8. The molecule has 3 aromatic rings. The highest BCUT2D eigenvalue weighted by atomic mass is 35.5. The van der Waals surface area contributed by atoms with Gasteiger partial charge in [0.2, 0.25) is 5.91 Å². The van der Waals surface area contributed by atoms with Gasteiger partial charge in [0, 0.05) is 16.4 Å². The van der Waals surface area contributed by atoms with Crippen LogP contribution in [0.25, 0.3) is 0 Å². The van der Waals surface area contributed by atoms with Crippen molar-refractivity contribution in [2.24, 2.45) is 0 Å². The Hall–Kier alpha value is -3.56. The predicted octanol–water partition coefficient (Wildman–Crippen LogP) is 3.89. The van der Waals surface area contributed by atoms with Gasteiger partial charge in [0.1, 0.15) is 11.8 Å². The minimum atomic E-state index is -3.88. The Labute approximate surface area is 196 Å². The van der Waals surface area contributed by atoms with Crippen LogP contribution < -0.4 is 19.7 Å². The third kappa shape index (κ3) is 4.94. The van der Waals surface area contributed by atoms with E-state index in [9.17, 15) is 18.0 Å². The lowest BCUT2D eigenvalue weighted by Gasteiger charge is -2.17. The molecule has 2 N–H and O–H groups in total. The van der Waals surface area contributed by atoms with E-state index in [1.807, 2.05) is 0 Å². The fraction of sp³-hybridized carbons (Fsp3) is 0.130. The third-order valence-electron chi connectivity index (χ3n) is 5.04. The molecule has 3 aromatic carbocycles. The normalized spacial score (nSPS) is 16.1. The molecule has 2 amide bonds. The molecule has 0 spiro atoms. The summed E-state index contributed by atoms with van der Waals surface area (Å²) in [7, 11) is -2.36. The molecule has 170 valence electrons. The van der Waals surface area contributed by atoms with Crippen molar-refractivity contribution in [3.05, 3.63) is 77.8 Å². The highest BCUT2D eigenvalue weighted by molar-refractivity contribution is 7.92. The van der Waals surface area contributed by atoms with Gasteiger partial charge in [0.05, 0.1) is 24.1 Å². The maximum atomic E-state index is 12.9. The molecular weight excluding hydrogens is 466 g/mol. The number of carbonyl (C=O) groups is 2. The summed E-state index contributed by atoms with van der Waals surface area (Å²) >= 11 is 5.98. The summed E-state index contributed by atoms with van der Waals surface area (Å²) in [5.74, 6) is -0.205. The molecule has 1 heterocycles. The van der Waals surface area contributed by atoms with E-state index in [0.29, 0.717) is 27.8 Å². The molecule has 1 fully saturated rings. The molecule has 1 unspecified atom stereocenters. The number of methoxy groups -OCH3 is 1. The van der Waals surface area contributed by atoms with Crippen LogP contribution in [0.15, 0.2) is 77.7 Å². The Morgan fingerprint density at radius 2 is 1.70 bits per heavy atom. The molecular formula is C23H20ClN3O5S. The number of nitrogens with zero attached hydrogens (tertiary/aromatic N) is 1. The molecule has 0 aromatic heterocycles. The monoisotopic (exact) mass is 485 g/mol. The fourth-order valence-corrected chi connectivity index (χ4v) is 4.75. The topological polar surface area (TPSA) is 105 Å². The maximum Gasteiger partial charge on any atom is 0.261 e. The van der Waals surface area contributed by atoms with E-state index in [1.54, 1.807) is 54.6 Å². The number of sulfonamides is 1. The zero-order valence-corrected chi connectivity index (χ0v) is 19.1. The Morgan fingerprint density at radius 1 is 0.970 bits per heavy atom. The first-order valence-corrected chi connectivity index (χ1v) is 11.8. The molecule has 1 atom stereocenters. The van der Waals surface area contributed by atoms with Crippen molar-refractivity contribution < 1.29 is 22.7 Å². The van der Waals surface area contributed by atoms with Crippen LogP contribution in [0.3, 0.4) is 0 Å². The van der Waals surface area contributed by atoms with Crippen molar-refractivity contribution >= 4 is 50.5 Å². The molecule has 10 heteroatoms. The van der Waals surface area contributed by atoms with Gasteiger partial charge in [-0.3, -0.25) is 14.3 Å². The number of hydrogen-bond donors (Lipinski definition) is 2. The molecule has 1 saturated heterocycles. The number of rotatable bonds is 7. The molecule has 4 rings (SSSR count). The zero-order valence-electron chi connectivity index (χ0n) is 17.5. The Kier molecular flexibility index (Phi) is 6.26. The van der Waals surface area contributed by atoms with Gasteiger partial charge in [0.15, 0.2) is 0 Å². The van der Waals surface area contributed by atoms with E-state index >= 15 is 0 Å². The van der Waals surface area contributed by atoms with Gasteiger partial charge in [-0.2, -0.15) is 0 Å². The van der Waals surface area contributed by atoms with Crippen LogP contribution in [0, 0.1) is 0 Å². The second-order valence-corrected chi connectivity index (χ2v) is 9.43. The van der Waals surface area contributed by atoms with Gasteiger partial charge >= 0.3 is 0 Å². The van der Waals surface area contributed by atoms with Gasteiger partial charge in [-0.1, -0.05) is 23.7 Å². The number of anilines is 3. The molecule has 0 bridgehead atoms. The van der Waals surface area contributed by atoms with Crippen LogP contribution in [-0.2, 0) is 19.6 Å². The van der Waals surface area contributed by atoms with Crippen LogP contribution in [0.2, 0.25) is 5.02 Å². The van der Waals surface area contributed by atoms with Gasteiger partial charge < -0.3 is 10.1 Å². The summed E-state index contributed by atoms with van der Waals surface area (Å²) in [5.41, 5.74) is 1.16. The second-order valence-electron chi connectivity index (χ2n) is 7.31. The number of amides is 2. The van der Waals surface area contributed by atoms with Gasteiger partial charge in [-0.15, -0.1) is 0 Å². The van der Waals surface area contributed by atoms with E-state index < -0.39 is 22.0 Å². The third-order valence-corrected chi connectivity index (χ3v) is 6.65. The lowest BCUT2D eigenvalue weighted by atomic mass is 10.2. The van der Waals surface area contributed by atoms with E-state index in [0.717, 1.165) is 4.90 Å². The lowest BCUT2D eigenvalue weighted by molar-refractivity contribution is -0.121. The lowest BCUT2D eigenvalue weighted by Crippen LogP contribution is -2.34. The molecule has 0 aliphatic carbocycles. The highest BCUT2D eigenvalue weighted by Crippen LogP contribution is 2.28. The molecule has 0 saturated carbocycles. The standard InChI is InChI=1S/C23H20ClN3O5S/c1-32-19-10-8-16(9-11-19)26-33(30,31)20-7-3-5-17(13-20)25-21-14-22(28)27(23(21)29)18-6-2-4-15(24)12-18/h2-13,21,25-26H,14H2,1H3. The number of hydrogen-bond acceptors (Lipinski definition) is 6. The molecule has 1 aliphatic rings. The van der Waals surface area contributed by atoms with Gasteiger partial charge in [-0.25, -0.2) is 13.3 Å². The van der Waals surface area contributed by atoms with Gasteiger partial charge in [0.25, 0.3) is 15.9 Å². The van der Waals surface area contributed by atoms with E-state index in [1.165, 1.54) is 25.3 Å². The van der Waals surface area contributed by atoms with Crippen LogP contribution >= 0.6 is 11.6 Å². The SMILES string of the molecule is COc1ccc(NS(=O)(=O)c2cccc(NC3CC(=O)N(c4cccc(Cl)c4)C3=O)c2)cc1. The van der Waals surface area contributed by atoms with Crippen LogP contribution in [-0.4, -0.2) is 33.4 Å². The molecule has 1 aliphatic heterocycles. The molecule has 33 heavy (non-hydrogen) atoms. The largest absolute Gasteiger partial charge is 0.497 e. The highest BCUT2D eigenvalue weighted by Gasteiger charge is 2.39. The number of benzene rings is 3. The average Bonchev–Trinajstić information content (AvgIpc) is 3.07. The predicted molar refractivity (Wildman–Crippen MR) is 126 cm³/mol. The van der Waals surface area contributed by atoms with Crippen molar-refractivity contribution in [3.63, 3.8) is 0 Å². The molecule has 0 radical (unpaired) electrons. The van der Waals surface area contributed by atoms with Crippen molar-refractivity contribution in [2.45, 2.75) is 17.4 Å². The van der Waals surface area contributed by atoms with Crippen molar-refractivity contribution in [3.8, 4) is 5.75 Å². The summed E-state index contributed by atoms with van der Waals surface area (Å²) in [6, 6.07) is 18.1. The summed E-state index contributed by atoms with van der Waals surface area (Å²) < 4.78 is 33.2. The summed E-state index contributed by atoms with van der Waals surface area (Å²) in [6.07, 6.45) is -0.0631. The fourth-order valence-electron chi connectivity index (χ4n) is 3.46. The first kappa shape index (κ1) is 22.6. The van der Waals surface area contributed by atoms with Crippen LogP contribution in [0.4, 0.5) is 17.1 Å².